The first-order valence-electron chi connectivity index (χ1n) is 7.61. The molecule has 0 saturated carbocycles. The van der Waals surface area contributed by atoms with E-state index in [4.69, 9.17) is 0 Å². The first-order chi connectivity index (χ1) is 11.0. The summed E-state index contributed by atoms with van der Waals surface area (Å²) in [4.78, 5) is 30.0. The van der Waals surface area contributed by atoms with Gasteiger partial charge in [0.1, 0.15) is 5.69 Å². The highest BCUT2D eigenvalue weighted by Crippen LogP contribution is 2.32. The number of nitrogens with zero attached hydrogens (tertiary/aromatic N) is 2. The van der Waals surface area contributed by atoms with Gasteiger partial charge >= 0.3 is 0 Å². The van der Waals surface area contributed by atoms with Gasteiger partial charge < -0.3 is 10.2 Å². The van der Waals surface area contributed by atoms with Crippen molar-refractivity contribution in [3.05, 3.63) is 39.9 Å². The molecule has 1 aromatic carbocycles. The van der Waals surface area contributed by atoms with Gasteiger partial charge in [0.15, 0.2) is 5.13 Å². The smallest absolute Gasteiger partial charge is 0.277 e. The van der Waals surface area contributed by atoms with Crippen LogP contribution in [0.3, 0.4) is 0 Å². The fourth-order valence-corrected chi connectivity index (χ4v) is 3.74. The Morgan fingerprint density at radius 1 is 1.30 bits per heavy atom. The van der Waals surface area contributed by atoms with Crippen LogP contribution in [0.1, 0.15) is 40.5 Å². The van der Waals surface area contributed by atoms with Crippen LogP contribution in [0.2, 0.25) is 0 Å². The van der Waals surface area contributed by atoms with Crippen LogP contribution in [-0.4, -0.2) is 23.3 Å². The average molecular weight is 329 g/mol. The van der Waals surface area contributed by atoms with Gasteiger partial charge in [0.25, 0.3) is 5.91 Å². The maximum absolute atomic E-state index is 12.8. The quantitative estimate of drug-likeness (QED) is 0.919. The molecule has 0 saturated heterocycles. The van der Waals surface area contributed by atoms with E-state index in [9.17, 15) is 9.59 Å². The van der Waals surface area contributed by atoms with E-state index in [1.165, 1.54) is 29.4 Å². The lowest BCUT2D eigenvalue weighted by atomic mass is 9.95. The van der Waals surface area contributed by atoms with Gasteiger partial charge in [0.2, 0.25) is 5.91 Å². The van der Waals surface area contributed by atoms with Crippen LogP contribution >= 0.6 is 11.3 Å². The molecule has 1 N–H and O–H groups in total. The third-order valence-corrected chi connectivity index (χ3v) is 4.70. The van der Waals surface area contributed by atoms with Crippen molar-refractivity contribution in [1.29, 1.82) is 0 Å². The molecule has 3 rings (SSSR count). The number of fused-ring (bicyclic) bond motifs is 1. The summed E-state index contributed by atoms with van der Waals surface area (Å²) in [7, 11) is 0. The monoisotopic (exact) mass is 329 g/mol. The van der Waals surface area contributed by atoms with E-state index < -0.39 is 0 Å². The summed E-state index contributed by atoms with van der Waals surface area (Å²) in [6, 6.07) is 4.23. The molecule has 1 aromatic heterocycles. The summed E-state index contributed by atoms with van der Waals surface area (Å²) < 4.78 is 0. The lowest BCUT2D eigenvalue weighted by Gasteiger charge is -2.30. The number of benzene rings is 1. The van der Waals surface area contributed by atoms with Crippen molar-refractivity contribution in [3.8, 4) is 0 Å². The van der Waals surface area contributed by atoms with E-state index in [-0.39, 0.29) is 11.8 Å². The second-order valence-corrected chi connectivity index (χ2v) is 6.72. The van der Waals surface area contributed by atoms with Crippen molar-refractivity contribution in [2.75, 3.05) is 16.8 Å². The van der Waals surface area contributed by atoms with Crippen LogP contribution in [0.4, 0.5) is 10.8 Å². The van der Waals surface area contributed by atoms with Crippen molar-refractivity contribution >= 4 is 34.0 Å². The largest absolute Gasteiger partial charge is 0.307 e. The Morgan fingerprint density at radius 2 is 2.09 bits per heavy atom. The average Bonchev–Trinajstić information content (AvgIpc) is 2.93. The summed E-state index contributed by atoms with van der Waals surface area (Å²) in [6.07, 6.45) is 1.95. The molecule has 2 amide bonds. The van der Waals surface area contributed by atoms with E-state index >= 15 is 0 Å². The lowest BCUT2D eigenvalue weighted by molar-refractivity contribution is -0.114. The number of carbonyl (C=O) groups is 2. The molecule has 0 unspecified atom stereocenters. The highest BCUT2D eigenvalue weighted by molar-refractivity contribution is 7.14. The molecule has 5 nitrogen and oxygen atoms in total. The molecule has 1 aliphatic rings. The fourth-order valence-electron chi connectivity index (χ4n) is 3.00. The van der Waals surface area contributed by atoms with Crippen LogP contribution in [0, 0.1) is 13.8 Å². The van der Waals surface area contributed by atoms with Crippen LogP contribution < -0.4 is 10.2 Å². The predicted molar refractivity (Wildman–Crippen MR) is 92.3 cm³/mol. The Labute approximate surface area is 139 Å². The zero-order valence-corrected chi connectivity index (χ0v) is 14.3. The molecular weight excluding hydrogens is 310 g/mol. The molecule has 1 aliphatic heterocycles. The summed E-state index contributed by atoms with van der Waals surface area (Å²) >= 11 is 1.27. The summed E-state index contributed by atoms with van der Waals surface area (Å²) in [5.41, 5.74) is 5.00. The number of hydrogen-bond acceptors (Lipinski definition) is 4. The van der Waals surface area contributed by atoms with Crippen molar-refractivity contribution in [1.82, 2.24) is 4.98 Å². The minimum atomic E-state index is -0.187. The molecule has 2 heterocycles. The van der Waals surface area contributed by atoms with E-state index in [1.54, 1.807) is 5.38 Å². The van der Waals surface area contributed by atoms with Crippen LogP contribution in [0.15, 0.2) is 17.5 Å². The molecular formula is C17H19N3O2S. The molecule has 0 radical (unpaired) electrons. The number of aromatic nitrogens is 1. The number of thiazole rings is 1. The highest BCUT2D eigenvalue weighted by atomic mass is 32.1. The number of amides is 2. The molecule has 0 spiro atoms. The van der Waals surface area contributed by atoms with Gasteiger partial charge in [-0.25, -0.2) is 4.98 Å². The van der Waals surface area contributed by atoms with E-state index in [2.05, 4.69) is 29.4 Å². The Hall–Kier alpha value is -2.21. The highest BCUT2D eigenvalue weighted by Gasteiger charge is 2.26. The molecule has 0 atom stereocenters. The van der Waals surface area contributed by atoms with Crippen molar-refractivity contribution in [3.63, 3.8) is 0 Å². The molecule has 0 aliphatic carbocycles. The maximum atomic E-state index is 12.8. The van der Waals surface area contributed by atoms with E-state index in [1.807, 2.05) is 11.8 Å². The molecule has 6 heteroatoms. The number of carbonyl (C=O) groups excluding carboxylic acids is 2. The van der Waals surface area contributed by atoms with Gasteiger partial charge in [-0.1, -0.05) is 6.07 Å². The van der Waals surface area contributed by atoms with Crippen LogP contribution in [0.25, 0.3) is 0 Å². The standard InChI is InChI=1S/C17H19N3O2S/c1-10-7-11(2)13-5-4-6-20(15(13)8-10)16(22)14-9-23-17(19-14)18-12(3)21/h7-9H,4-6H2,1-3H3,(H,18,19,21). The Kier molecular flexibility index (Phi) is 4.17. The van der Waals surface area contributed by atoms with Gasteiger partial charge in [-0.3, -0.25) is 9.59 Å². The SMILES string of the molecule is CC(=O)Nc1nc(C(=O)N2CCCc3c(C)cc(C)cc32)cs1. The van der Waals surface area contributed by atoms with Crippen LogP contribution in [0.5, 0.6) is 0 Å². The number of aryl methyl sites for hydroxylation is 2. The first-order valence-corrected chi connectivity index (χ1v) is 8.49. The van der Waals surface area contributed by atoms with E-state index in [0.717, 1.165) is 24.1 Å². The zero-order valence-electron chi connectivity index (χ0n) is 13.5. The van der Waals surface area contributed by atoms with Gasteiger partial charge in [-0.05, 0) is 49.4 Å². The zero-order chi connectivity index (χ0) is 16.6. The Bertz CT molecular complexity index is 782. The number of hydrogen-bond donors (Lipinski definition) is 1. The van der Waals surface area contributed by atoms with Crippen molar-refractivity contribution in [2.24, 2.45) is 0 Å². The van der Waals surface area contributed by atoms with Crippen molar-refractivity contribution in [2.45, 2.75) is 33.6 Å². The second kappa shape index (κ2) is 6.12. The third kappa shape index (κ3) is 3.12. The van der Waals surface area contributed by atoms with Gasteiger partial charge in [-0.2, -0.15) is 0 Å². The first kappa shape index (κ1) is 15.7. The topological polar surface area (TPSA) is 62.3 Å². The molecule has 120 valence electrons. The van der Waals surface area contributed by atoms with Gasteiger partial charge in [0.05, 0.1) is 0 Å². The molecule has 0 bridgehead atoms. The normalized spacial score (nSPS) is 13.6. The second-order valence-electron chi connectivity index (χ2n) is 5.86. The summed E-state index contributed by atoms with van der Waals surface area (Å²) in [5, 5.41) is 4.77. The Balaban J connectivity index is 1.93. The van der Waals surface area contributed by atoms with Crippen molar-refractivity contribution < 1.29 is 9.59 Å². The Morgan fingerprint density at radius 3 is 2.83 bits per heavy atom. The minimum absolute atomic E-state index is 0.108. The fraction of sp³-hybridized carbons (Fsp3) is 0.353. The lowest BCUT2D eigenvalue weighted by Crippen LogP contribution is -2.36. The van der Waals surface area contributed by atoms with Gasteiger partial charge in [-0.15, -0.1) is 11.3 Å². The van der Waals surface area contributed by atoms with E-state index in [0.29, 0.717) is 17.4 Å². The maximum Gasteiger partial charge on any atom is 0.277 e. The molecule has 23 heavy (non-hydrogen) atoms. The molecule has 0 fully saturated rings. The molecule has 2 aromatic rings. The third-order valence-electron chi connectivity index (χ3n) is 3.94. The number of anilines is 2. The summed E-state index contributed by atoms with van der Waals surface area (Å²) in [6.45, 7) is 6.26. The minimum Gasteiger partial charge on any atom is -0.307 e. The van der Waals surface area contributed by atoms with Crippen LogP contribution in [-0.2, 0) is 11.2 Å². The summed E-state index contributed by atoms with van der Waals surface area (Å²) in [5.74, 6) is -0.295. The number of rotatable bonds is 2. The predicted octanol–water partition coefficient (Wildman–Crippen LogP) is 3.31. The number of nitrogens with one attached hydrogen (secondary N) is 1. The van der Waals surface area contributed by atoms with Gasteiger partial charge in [0, 0.05) is 24.5 Å².